The average molecular weight is 330 g/mol. The largest absolute Gasteiger partial charge is 0.465 e. The van der Waals surface area contributed by atoms with Crippen molar-refractivity contribution in [2.75, 3.05) is 13.2 Å². The summed E-state index contributed by atoms with van der Waals surface area (Å²) in [4.78, 5) is 25.2. The number of carbonyl (C=O) groups is 2. The molecule has 2 atom stereocenters. The topological polar surface area (TPSA) is 52.6 Å². The van der Waals surface area contributed by atoms with Crippen molar-refractivity contribution in [1.82, 2.24) is 0 Å². The summed E-state index contributed by atoms with van der Waals surface area (Å²) in [6.45, 7) is 7.91. The van der Waals surface area contributed by atoms with Crippen LogP contribution in [0.4, 0.5) is 0 Å². The van der Waals surface area contributed by atoms with Crippen LogP contribution < -0.4 is 0 Å². The number of benzene rings is 1. The van der Waals surface area contributed by atoms with Crippen molar-refractivity contribution in [1.29, 1.82) is 0 Å². The van der Waals surface area contributed by atoms with Gasteiger partial charge in [-0.25, -0.2) is 0 Å². The lowest BCUT2D eigenvalue weighted by Crippen LogP contribution is -2.40. The van der Waals surface area contributed by atoms with Crippen molar-refractivity contribution < 1.29 is 19.1 Å². The van der Waals surface area contributed by atoms with Crippen molar-refractivity contribution in [2.24, 2.45) is 17.3 Å². The molecular weight excluding hydrogens is 304 g/mol. The number of esters is 2. The van der Waals surface area contributed by atoms with Crippen LogP contribution in [0.1, 0.15) is 32.3 Å². The molecule has 0 saturated heterocycles. The zero-order valence-corrected chi connectivity index (χ0v) is 14.5. The van der Waals surface area contributed by atoms with E-state index >= 15 is 0 Å². The monoisotopic (exact) mass is 330 g/mol. The lowest BCUT2D eigenvalue weighted by Gasteiger charge is -2.24. The first kappa shape index (κ1) is 18.2. The zero-order valence-electron chi connectivity index (χ0n) is 14.5. The second-order valence-corrected chi connectivity index (χ2v) is 6.28. The van der Waals surface area contributed by atoms with Gasteiger partial charge in [-0.15, -0.1) is 6.58 Å². The molecule has 0 radical (unpaired) electrons. The first-order valence-corrected chi connectivity index (χ1v) is 8.58. The Hall–Kier alpha value is -2.10. The maximum absolute atomic E-state index is 12.6. The van der Waals surface area contributed by atoms with Gasteiger partial charge in [0.15, 0.2) is 5.41 Å². The van der Waals surface area contributed by atoms with Crippen LogP contribution in [0.5, 0.6) is 0 Å². The molecule has 1 saturated carbocycles. The highest BCUT2D eigenvalue weighted by atomic mass is 16.6. The van der Waals surface area contributed by atoms with Crippen molar-refractivity contribution in [3.8, 4) is 0 Å². The van der Waals surface area contributed by atoms with Crippen LogP contribution in [0.25, 0.3) is 0 Å². The molecule has 1 aliphatic carbocycles. The van der Waals surface area contributed by atoms with Gasteiger partial charge in [0.1, 0.15) is 0 Å². The highest BCUT2D eigenvalue weighted by Gasteiger charge is 2.56. The summed E-state index contributed by atoms with van der Waals surface area (Å²) in [6, 6.07) is 10.1. The molecule has 1 aliphatic rings. The first-order chi connectivity index (χ1) is 11.6. The number of hydrogen-bond donors (Lipinski definition) is 0. The molecule has 0 heterocycles. The highest BCUT2D eigenvalue weighted by molar-refractivity contribution is 6.00. The van der Waals surface area contributed by atoms with Gasteiger partial charge in [0, 0.05) is 0 Å². The Kier molecular flexibility index (Phi) is 6.18. The molecule has 1 fully saturated rings. The fourth-order valence-electron chi connectivity index (χ4n) is 3.62. The quantitative estimate of drug-likeness (QED) is 0.436. The number of ether oxygens (including phenoxy) is 2. The van der Waals surface area contributed by atoms with E-state index < -0.39 is 17.4 Å². The van der Waals surface area contributed by atoms with E-state index in [1.807, 2.05) is 24.3 Å². The van der Waals surface area contributed by atoms with Crippen LogP contribution in [0.15, 0.2) is 43.0 Å². The molecule has 0 aromatic heterocycles. The second-order valence-electron chi connectivity index (χ2n) is 6.28. The molecule has 0 amide bonds. The van der Waals surface area contributed by atoms with Gasteiger partial charge in [0.05, 0.1) is 13.2 Å². The van der Waals surface area contributed by atoms with Crippen LogP contribution in [-0.2, 0) is 25.5 Å². The van der Waals surface area contributed by atoms with Crippen LogP contribution in [-0.4, -0.2) is 25.2 Å². The summed E-state index contributed by atoms with van der Waals surface area (Å²) in [5.74, 6) is -0.686. The Bertz CT molecular complexity index is 561. The van der Waals surface area contributed by atoms with Gasteiger partial charge in [0.25, 0.3) is 0 Å². The molecule has 130 valence electrons. The third-order valence-electron chi connectivity index (χ3n) is 4.78. The Morgan fingerprint density at radius 3 is 2.21 bits per heavy atom. The van der Waals surface area contributed by atoms with Crippen LogP contribution in [0, 0.1) is 17.3 Å². The van der Waals surface area contributed by atoms with Gasteiger partial charge in [-0.1, -0.05) is 36.4 Å². The zero-order chi connectivity index (χ0) is 17.6. The second kappa shape index (κ2) is 8.13. The van der Waals surface area contributed by atoms with E-state index in [9.17, 15) is 9.59 Å². The molecule has 4 nitrogen and oxygen atoms in total. The van der Waals surface area contributed by atoms with Crippen molar-refractivity contribution in [2.45, 2.75) is 33.1 Å². The minimum atomic E-state index is -1.20. The molecule has 0 bridgehead atoms. The number of carbonyl (C=O) groups excluding carboxylic acids is 2. The Morgan fingerprint density at radius 1 is 1.12 bits per heavy atom. The molecule has 1 aromatic rings. The molecule has 4 heteroatoms. The maximum Gasteiger partial charge on any atom is 0.323 e. The Labute approximate surface area is 143 Å². The molecule has 24 heavy (non-hydrogen) atoms. The summed E-state index contributed by atoms with van der Waals surface area (Å²) >= 11 is 0. The summed E-state index contributed by atoms with van der Waals surface area (Å²) in [5, 5.41) is 0. The minimum Gasteiger partial charge on any atom is -0.465 e. The van der Waals surface area contributed by atoms with Gasteiger partial charge < -0.3 is 9.47 Å². The SMILES string of the molecule is C=CC1CC(C(=O)OCC)(C(=O)OCC)CC1Cc1ccccc1. The van der Waals surface area contributed by atoms with E-state index in [0.29, 0.717) is 12.8 Å². The van der Waals surface area contributed by atoms with Gasteiger partial charge >= 0.3 is 11.9 Å². The fraction of sp³-hybridized carbons (Fsp3) is 0.500. The lowest BCUT2D eigenvalue weighted by atomic mass is 9.84. The van der Waals surface area contributed by atoms with Crippen molar-refractivity contribution in [3.63, 3.8) is 0 Å². The third kappa shape index (κ3) is 3.69. The molecule has 2 rings (SSSR count). The summed E-state index contributed by atoms with van der Waals surface area (Å²) in [5.41, 5.74) is -0.0116. The van der Waals surface area contributed by atoms with E-state index in [0.717, 1.165) is 6.42 Å². The molecule has 1 aromatic carbocycles. The summed E-state index contributed by atoms with van der Waals surface area (Å²) < 4.78 is 10.4. The van der Waals surface area contributed by atoms with Crippen molar-refractivity contribution in [3.05, 3.63) is 48.6 Å². The van der Waals surface area contributed by atoms with E-state index in [1.54, 1.807) is 13.8 Å². The normalized spacial score (nSPS) is 21.9. The molecule has 0 spiro atoms. The summed E-state index contributed by atoms with van der Waals surface area (Å²) in [7, 11) is 0. The lowest BCUT2D eigenvalue weighted by molar-refractivity contribution is -0.172. The Balaban J connectivity index is 2.27. The van der Waals surface area contributed by atoms with E-state index in [4.69, 9.17) is 9.47 Å². The smallest absolute Gasteiger partial charge is 0.323 e. The number of allylic oxidation sites excluding steroid dienone is 1. The predicted octanol–water partition coefficient (Wildman–Crippen LogP) is 3.55. The Morgan fingerprint density at radius 2 is 1.71 bits per heavy atom. The van der Waals surface area contributed by atoms with Gasteiger partial charge in [-0.3, -0.25) is 9.59 Å². The van der Waals surface area contributed by atoms with Crippen molar-refractivity contribution >= 4 is 11.9 Å². The average Bonchev–Trinajstić information content (AvgIpc) is 2.96. The first-order valence-electron chi connectivity index (χ1n) is 8.58. The molecule has 2 unspecified atom stereocenters. The highest BCUT2D eigenvalue weighted by Crippen LogP contribution is 2.49. The maximum atomic E-state index is 12.6. The third-order valence-corrected chi connectivity index (χ3v) is 4.78. The van der Waals surface area contributed by atoms with E-state index in [2.05, 4.69) is 18.7 Å². The predicted molar refractivity (Wildman–Crippen MR) is 92.3 cm³/mol. The molecular formula is C20H26O4. The number of rotatable bonds is 7. The van der Waals surface area contributed by atoms with Gasteiger partial charge in [0.2, 0.25) is 0 Å². The fourth-order valence-corrected chi connectivity index (χ4v) is 3.62. The van der Waals surface area contributed by atoms with E-state index in [-0.39, 0.29) is 25.0 Å². The standard InChI is InChI=1S/C20H26O4/c1-4-16-13-20(18(21)23-5-2,19(22)24-6-3)14-17(16)12-15-10-8-7-9-11-15/h4,7-11,16-17H,1,5-6,12-14H2,2-3H3. The number of hydrogen-bond acceptors (Lipinski definition) is 4. The van der Waals surface area contributed by atoms with Crippen LogP contribution >= 0.6 is 0 Å². The van der Waals surface area contributed by atoms with E-state index in [1.165, 1.54) is 5.56 Å². The minimum absolute atomic E-state index is 0.0824. The van der Waals surface area contributed by atoms with Gasteiger partial charge in [-0.05, 0) is 50.5 Å². The van der Waals surface area contributed by atoms with Gasteiger partial charge in [-0.2, -0.15) is 0 Å². The van der Waals surface area contributed by atoms with Crippen LogP contribution in [0.2, 0.25) is 0 Å². The molecule has 0 aliphatic heterocycles. The van der Waals surface area contributed by atoms with Crippen LogP contribution in [0.3, 0.4) is 0 Å². The summed E-state index contributed by atoms with van der Waals surface area (Å²) in [6.07, 6.45) is 3.51. The molecule has 0 N–H and O–H groups in total.